The molecule has 3 rings (SSSR count). The van der Waals surface area contributed by atoms with Gasteiger partial charge in [-0.25, -0.2) is 9.79 Å². The summed E-state index contributed by atoms with van der Waals surface area (Å²) in [6, 6.07) is 7.83. The smallest absolute Gasteiger partial charge is 0.321 e. The molecule has 1 saturated heterocycles. The molecule has 8 nitrogen and oxygen atoms in total. The third kappa shape index (κ3) is 7.11. The monoisotopic (exact) mass is 554 g/mol. The Morgan fingerprint density at radius 1 is 1.16 bits per heavy atom. The molecule has 3 N–H and O–H groups in total. The van der Waals surface area contributed by atoms with Crippen LogP contribution in [0.2, 0.25) is 0 Å². The number of carbonyl (C=O) groups excluding carboxylic acids is 1. The average Bonchev–Trinajstić information content (AvgIpc) is 3.45. The number of aliphatic imine (C=N–C) groups is 1. The first-order chi connectivity index (χ1) is 15.1. The molecule has 2 aromatic rings. The van der Waals surface area contributed by atoms with E-state index < -0.39 is 0 Å². The summed E-state index contributed by atoms with van der Waals surface area (Å²) in [5.74, 6) is 1.65. The molecular formula is C23H35IN6O2. The third-order valence-electron chi connectivity index (χ3n) is 5.38. The highest BCUT2D eigenvalue weighted by Crippen LogP contribution is 2.16. The Kier molecular flexibility index (Phi) is 10.8. The summed E-state index contributed by atoms with van der Waals surface area (Å²) in [5.41, 5.74) is 3.93. The van der Waals surface area contributed by atoms with Crippen LogP contribution in [0.25, 0.3) is 0 Å². The number of anilines is 1. The zero-order valence-electron chi connectivity index (χ0n) is 19.2. The number of halogens is 1. The van der Waals surface area contributed by atoms with Crippen LogP contribution in [0.3, 0.4) is 0 Å². The van der Waals surface area contributed by atoms with Crippen molar-refractivity contribution in [2.24, 2.45) is 4.99 Å². The first kappa shape index (κ1) is 26.0. The summed E-state index contributed by atoms with van der Waals surface area (Å²) < 4.78 is 5.45. The number of aryl methyl sites for hydroxylation is 2. The molecule has 1 fully saturated rings. The van der Waals surface area contributed by atoms with Gasteiger partial charge in [0, 0.05) is 43.9 Å². The highest BCUT2D eigenvalue weighted by Gasteiger charge is 2.17. The number of hydrogen-bond donors (Lipinski definition) is 3. The van der Waals surface area contributed by atoms with Crippen LogP contribution >= 0.6 is 24.0 Å². The van der Waals surface area contributed by atoms with E-state index in [-0.39, 0.29) is 30.0 Å². The maximum absolute atomic E-state index is 12.3. The lowest BCUT2D eigenvalue weighted by Crippen LogP contribution is -2.37. The largest absolute Gasteiger partial charge is 0.361 e. The van der Waals surface area contributed by atoms with Crippen molar-refractivity contribution >= 4 is 41.7 Å². The Bertz CT molecular complexity index is 871. The van der Waals surface area contributed by atoms with Crippen molar-refractivity contribution in [1.29, 1.82) is 0 Å². The van der Waals surface area contributed by atoms with Gasteiger partial charge in [-0.3, -0.25) is 0 Å². The van der Waals surface area contributed by atoms with Crippen LogP contribution in [-0.4, -0.2) is 41.7 Å². The van der Waals surface area contributed by atoms with Crippen molar-refractivity contribution in [3.05, 3.63) is 46.8 Å². The van der Waals surface area contributed by atoms with Crippen LogP contribution in [0.4, 0.5) is 10.5 Å². The van der Waals surface area contributed by atoms with Gasteiger partial charge in [0.05, 0.1) is 12.2 Å². The number of likely N-dealkylation sites (tertiary alicyclic amines) is 1. The molecule has 1 aliphatic heterocycles. The number of guanidine groups is 1. The lowest BCUT2D eigenvalue weighted by molar-refractivity contribution is 0.222. The predicted octanol–water partition coefficient (Wildman–Crippen LogP) is 4.30. The SMILES string of the molecule is CCNC(=NCc1cccc(NC(=O)N2CCCC2)c1)NCc1c(CC)noc1CC.I. The zero-order valence-corrected chi connectivity index (χ0v) is 21.6. The van der Waals surface area contributed by atoms with E-state index in [9.17, 15) is 4.79 Å². The molecule has 0 unspecified atom stereocenters. The van der Waals surface area contributed by atoms with Crippen molar-refractivity contribution in [3.8, 4) is 0 Å². The number of carbonyl (C=O) groups is 1. The topological polar surface area (TPSA) is 94.8 Å². The van der Waals surface area contributed by atoms with Gasteiger partial charge < -0.3 is 25.4 Å². The van der Waals surface area contributed by atoms with Gasteiger partial charge in [0.25, 0.3) is 0 Å². The fourth-order valence-electron chi connectivity index (χ4n) is 3.69. The Hall–Kier alpha value is -2.30. The molecule has 1 aliphatic rings. The van der Waals surface area contributed by atoms with Crippen LogP contribution in [-0.2, 0) is 25.9 Å². The fourth-order valence-corrected chi connectivity index (χ4v) is 3.69. The number of urea groups is 1. The Morgan fingerprint density at radius 3 is 2.62 bits per heavy atom. The van der Waals surface area contributed by atoms with Crippen molar-refractivity contribution in [2.45, 2.75) is 59.5 Å². The highest BCUT2D eigenvalue weighted by atomic mass is 127. The lowest BCUT2D eigenvalue weighted by Gasteiger charge is -2.16. The maximum Gasteiger partial charge on any atom is 0.321 e. The standard InChI is InChI=1S/C23H34N6O2.HI/c1-4-20-19(21(5-2)31-28-20)16-26-22(24-6-3)25-15-17-10-9-11-18(14-17)27-23(30)29-12-7-8-13-29;/h9-11,14H,4-8,12-13,15-16H2,1-3H3,(H,27,30)(H2,24,25,26);1H. The lowest BCUT2D eigenvalue weighted by atomic mass is 10.1. The van der Waals surface area contributed by atoms with Crippen molar-refractivity contribution in [3.63, 3.8) is 0 Å². The number of amides is 2. The summed E-state index contributed by atoms with van der Waals surface area (Å²) in [4.78, 5) is 18.9. The molecule has 0 atom stereocenters. The Labute approximate surface area is 207 Å². The number of nitrogens with one attached hydrogen (secondary N) is 3. The molecule has 2 amide bonds. The molecule has 0 bridgehead atoms. The van der Waals surface area contributed by atoms with Gasteiger partial charge in [0.15, 0.2) is 5.96 Å². The van der Waals surface area contributed by atoms with E-state index in [1.165, 1.54) is 0 Å². The minimum Gasteiger partial charge on any atom is -0.361 e. The van der Waals surface area contributed by atoms with Crippen molar-refractivity contribution in [2.75, 3.05) is 25.0 Å². The number of aromatic nitrogens is 1. The number of rotatable bonds is 8. The molecule has 2 heterocycles. The molecular weight excluding hydrogens is 519 g/mol. The number of nitrogens with zero attached hydrogens (tertiary/aromatic N) is 3. The summed E-state index contributed by atoms with van der Waals surface area (Å²) in [6.45, 7) is 9.75. The molecule has 0 spiro atoms. The molecule has 9 heteroatoms. The normalized spacial score (nSPS) is 13.6. The third-order valence-corrected chi connectivity index (χ3v) is 5.38. The second-order valence-electron chi connectivity index (χ2n) is 7.61. The van der Waals surface area contributed by atoms with Crippen LogP contribution in [0, 0.1) is 0 Å². The van der Waals surface area contributed by atoms with E-state index in [0.29, 0.717) is 13.1 Å². The molecule has 0 aliphatic carbocycles. The van der Waals surface area contributed by atoms with Crippen LogP contribution in [0.1, 0.15) is 56.2 Å². The van der Waals surface area contributed by atoms with Gasteiger partial charge in [-0.05, 0) is 43.9 Å². The van der Waals surface area contributed by atoms with E-state index >= 15 is 0 Å². The average molecular weight is 554 g/mol. The molecule has 1 aromatic carbocycles. The van der Waals surface area contributed by atoms with Crippen LogP contribution in [0.15, 0.2) is 33.8 Å². The van der Waals surface area contributed by atoms with E-state index in [4.69, 9.17) is 9.52 Å². The second-order valence-corrected chi connectivity index (χ2v) is 7.61. The van der Waals surface area contributed by atoms with Gasteiger partial charge >= 0.3 is 6.03 Å². The molecule has 0 saturated carbocycles. The molecule has 1 aromatic heterocycles. The minimum absolute atomic E-state index is 0. The number of benzene rings is 1. The minimum atomic E-state index is -0.0275. The van der Waals surface area contributed by atoms with Gasteiger partial charge in [-0.2, -0.15) is 0 Å². The van der Waals surface area contributed by atoms with E-state index in [2.05, 4.69) is 35.0 Å². The first-order valence-electron chi connectivity index (χ1n) is 11.3. The predicted molar refractivity (Wildman–Crippen MR) is 139 cm³/mol. The summed E-state index contributed by atoms with van der Waals surface area (Å²) >= 11 is 0. The molecule has 176 valence electrons. The molecule has 0 radical (unpaired) electrons. The summed E-state index contributed by atoms with van der Waals surface area (Å²) in [5, 5.41) is 13.8. The maximum atomic E-state index is 12.3. The quantitative estimate of drug-likeness (QED) is 0.257. The zero-order chi connectivity index (χ0) is 22.1. The van der Waals surface area contributed by atoms with Gasteiger partial charge in [-0.1, -0.05) is 31.1 Å². The Morgan fingerprint density at radius 2 is 1.94 bits per heavy atom. The summed E-state index contributed by atoms with van der Waals surface area (Å²) in [6.07, 6.45) is 3.81. The van der Waals surface area contributed by atoms with Crippen molar-refractivity contribution in [1.82, 2.24) is 20.7 Å². The van der Waals surface area contributed by atoms with Crippen LogP contribution in [0.5, 0.6) is 0 Å². The molecule has 32 heavy (non-hydrogen) atoms. The van der Waals surface area contributed by atoms with E-state index in [1.807, 2.05) is 36.1 Å². The Balaban J connectivity index is 0.00000363. The van der Waals surface area contributed by atoms with E-state index in [1.54, 1.807) is 0 Å². The van der Waals surface area contributed by atoms with Crippen molar-refractivity contribution < 1.29 is 9.32 Å². The van der Waals surface area contributed by atoms with E-state index in [0.717, 1.165) is 79.5 Å². The van der Waals surface area contributed by atoms with Gasteiger partial charge in [0.2, 0.25) is 0 Å². The summed E-state index contributed by atoms with van der Waals surface area (Å²) in [7, 11) is 0. The highest BCUT2D eigenvalue weighted by molar-refractivity contribution is 14.0. The van der Waals surface area contributed by atoms with Gasteiger partial charge in [0.1, 0.15) is 5.76 Å². The van der Waals surface area contributed by atoms with Gasteiger partial charge in [-0.15, -0.1) is 24.0 Å². The fraction of sp³-hybridized carbons (Fsp3) is 0.522. The number of hydrogen-bond acceptors (Lipinski definition) is 4. The first-order valence-corrected chi connectivity index (χ1v) is 11.3. The van der Waals surface area contributed by atoms with Crippen LogP contribution < -0.4 is 16.0 Å². The second kappa shape index (κ2) is 13.3.